The molecule has 0 radical (unpaired) electrons. The van der Waals surface area contributed by atoms with Gasteiger partial charge in [-0.05, 0) is 116 Å². The highest BCUT2D eigenvalue weighted by molar-refractivity contribution is 5.71. The molecule has 0 saturated carbocycles. The maximum Gasteiger partial charge on any atom is 0.306 e. The molecule has 0 aliphatic heterocycles. The lowest BCUT2D eigenvalue weighted by atomic mass is 10.1. The van der Waals surface area contributed by atoms with Gasteiger partial charge >= 0.3 is 17.9 Å². The van der Waals surface area contributed by atoms with Gasteiger partial charge in [-0.25, -0.2) is 0 Å². The van der Waals surface area contributed by atoms with Gasteiger partial charge in [-0.1, -0.05) is 240 Å². The molecule has 0 aliphatic rings. The Morgan fingerprint density at radius 3 is 0.915 bits per heavy atom. The van der Waals surface area contributed by atoms with Crippen LogP contribution in [0.15, 0.2) is 97.2 Å². The second-order valence-electron chi connectivity index (χ2n) is 19.5. The Labute approximate surface area is 438 Å². The average molecular weight is 988 g/mol. The van der Waals surface area contributed by atoms with Crippen molar-refractivity contribution < 1.29 is 28.6 Å². The molecule has 0 saturated heterocycles. The summed E-state index contributed by atoms with van der Waals surface area (Å²) in [5.74, 6) is -1.01. The van der Waals surface area contributed by atoms with Crippen LogP contribution in [0.3, 0.4) is 0 Å². The first-order chi connectivity index (χ1) is 35.0. The summed E-state index contributed by atoms with van der Waals surface area (Å²) in [6.07, 6.45) is 78.4. The third kappa shape index (κ3) is 57.1. The third-order valence-corrected chi connectivity index (χ3v) is 12.5. The van der Waals surface area contributed by atoms with Crippen molar-refractivity contribution >= 4 is 17.9 Å². The topological polar surface area (TPSA) is 78.9 Å². The van der Waals surface area contributed by atoms with Crippen molar-refractivity contribution in [2.24, 2.45) is 0 Å². The highest BCUT2D eigenvalue weighted by Gasteiger charge is 2.19. The smallest absolute Gasteiger partial charge is 0.306 e. The number of carbonyl (C=O) groups excluding carboxylic acids is 3. The van der Waals surface area contributed by atoms with E-state index in [1.807, 2.05) is 6.08 Å². The van der Waals surface area contributed by atoms with Crippen LogP contribution in [0, 0.1) is 0 Å². The zero-order valence-corrected chi connectivity index (χ0v) is 46.5. The minimum atomic E-state index is -0.817. The fourth-order valence-electron chi connectivity index (χ4n) is 8.04. The zero-order chi connectivity index (χ0) is 51.4. The fraction of sp³-hybridized carbons (Fsp3) is 0.708. The summed E-state index contributed by atoms with van der Waals surface area (Å²) in [6.45, 7) is 6.52. The molecule has 1 atom stereocenters. The largest absolute Gasteiger partial charge is 0.462 e. The van der Waals surface area contributed by atoms with Crippen LogP contribution in [0.1, 0.15) is 278 Å². The Morgan fingerprint density at radius 2 is 0.535 bits per heavy atom. The summed E-state index contributed by atoms with van der Waals surface area (Å²) in [5.41, 5.74) is 0. The molecule has 71 heavy (non-hydrogen) atoms. The molecule has 0 bridgehead atoms. The minimum Gasteiger partial charge on any atom is -0.462 e. The van der Waals surface area contributed by atoms with E-state index < -0.39 is 6.10 Å². The van der Waals surface area contributed by atoms with Crippen LogP contribution in [-0.2, 0) is 28.6 Å². The predicted octanol–water partition coefficient (Wildman–Crippen LogP) is 20.1. The molecule has 0 aromatic carbocycles. The van der Waals surface area contributed by atoms with Crippen molar-refractivity contribution in [2.45, 2.75) is 284 Å². The molecule has 0 aromatic rings. The van der Waals surface area contributed by atoms with Crippen LogP contribution in [0.5, 0.6) is 0 Å². The second kappa shape index (κ2) is 58.9. The van der Waals surface area contributed by atoms with E-state index >= 15 is 0 Å². The van der Waals surface area contributed by atoms with Crippen LogP contribution in [0.25, 0.3) is 0 Å². The molecule has 0 N–H and O–H groups in total. The van der Waals surface area contributed by atoms with Gasteiger partial charge in [-0.3, -0.25) is 14.4 Å². The second-order valence-corrected chi connectivity index (χ2v) is 19.5. The van der Waals surface area contributed by atoms with Crippen molar-refractivity contribution in [2.75, 3.05) is 13.2 Å². The molecule has 0 spiro atoms. The van der Waals surface area contributed by atoms with Crippen molar-refractivity contribution in [1.29, 1.82) is 0 Å². The molecule has 0 aromatic heterocycles. The fourth-order valence-corrected chi connectivity index (χ4v) is 8.04. The lowest BCUT2D eigenvalue weighted by Crippen LogP contribution is -2.30. The third-order valence-electron chi connectivity index (χ3n) is 12.5. The van der Waals surface area contributed by atoms with Gasteiger partial charge in [0.25, 0.3) is 0 Å². The van der Waals surface area contributed by atoms with E-state index in [2.05, 4.69) is 112 Å². The highest BCUT2D eigenvalue weighted by Crippen LogP contribution is 2.14. The number of ether oxygens (including phenoxy) is 3. The van der Waals surface area contributed by atoms with Gasteiger partial charge in [0.2, 0.25) is 0 Å². The molecule has 0 amide bonds. The molecular formula is C65H110O6. The normalized spacial score (nSPS) is 12.8. The van der Waals surface area contributed by atoms with Gasteiger partial charge in [-0.15, -0.1) is 0 Å². The Hall–Kier alpha value is -3.67. The van der Waals surface area contributed by atoms with E-state index in [-0.39, 0.29) is 37.5 Å². The van der Waals surface area contributed by atoms with Crippen LogP contribution in [-0.4, -0.2) is 37.2 Å². The number of carbonyl (C=O) groups is 3. The summed E-state index contributed by atoms with van der Waals surface area (Å²) < 4.78 is 16.8. The van der Waals surface area contributed by atoms with Gasteiger partial charge in [0.15, 0.2) is 6.10 Å². The van der Waals surface area contributed by atoms with Crippen LogP contribution >= 0.6 is 0 Å². The quantitative estimate of drug-likeness (QED) is 0.0261. The number of hydrogen-bond donors (Lipinski definition) is 0. The van der Waals surface area contributed by atoms with Gasteiger partial charge < -0.3 is 14.2 Å². The number of allylic oxidation sites excluding steroid dienone is 16. The number of hydrogen-bond acceptors (Lipinski definition) is 6. The SMILES string of the molecule is CCCCC/C=C\C/C=C\C/C=C\C/C=C\C/C=C\CCC(=O)OC[C@H](COC(=O)CCCCCCCCCCC/C=C\CCCCCCCC)OC(=O)CCCCCCC/C=C\C/C=C\CCCCC. The van der Waals surface area contributed by atoms with Crippen LogP contribution in [0.2, 0.25) is 0 Å². The summed E-state index contributed by atoms with van der Waals surface area (Å²) in [6, 6.07) is 0. The van der Waals surface area contributed by atoms with E-state index in [9.17, 15) is 14.4 Å². The molecule has 0 rings (SSSR count). The molecule has 0 fully saturated rings. The van der Waals surface area contributed by atoms with Crippen molar-refractivity contribution in [3.63, 3.8) is 0 Å². The van der Waals surface area contributed by atoms with Gasteiger partial charge in [0, 0.05) is 19.3 Å². The monoisotopic (exact) mass is 987 g/mol. The van der Waals surface area contributed by atoms with E-state index in [0.717, 1.165) is 89.9 Å². The summed E-state index contributed by atoms with van der Waals surface area (Å²) >= 11 is 0. The first-order valence-electron chi connectivity index (χ1n) is 29.7. The van der Waals surface area contributed by atoms with E-state index in [1.165, 1.54) is 141 Å². The lowest BCUT2D eigenvalue weighted by Gasteiger charge is -2.18. The Kier molecular flexibility index (Phi) is 55.9. The van der Waals surface area contributed by atoms with E-state index in [4.69, 9.17) is 14.2 Å². The number of esters is 3. The van der Waals surface area contributed by atoms with Crippen LogP contribution in [0.4, 0.5) is 0 Å². The van der Waals surface area contributed by atoms with Crippen LogP contribution < -0.4 is 0 Å². The minimum absolute atomic E-state index is 0.107. The summed E-state index contributed by atoms with van der Waals surface area (Å²) in [7, 11) is 0. The zero-order valence-electron chi connectivity index (χ0n) is 46.5. The molecular weight excluding hydrogens is 877 g/mol. The van der Waals surface area contributed by atoms with E-state index in [1.54, 1.807) is 0 Å². The van der Waals surface area contributed by atoms with Gasteiger partial charge in [0.05, 0.1) is 0 Å². The molecule has 0 aliphatic carbocycles. The Bertz CT molecular complexity index is 1410. The molecule has 0 unspecified atom stereocenters. The summed E-state index contributed by atoms with van der Waals surface area (Å²) in [5, 5.41) is 0. The highest BCUT2D eigenvalue weighted by atomic mass is 16.6. The maximum absolute atomic E-state index is 12.9. The first kappa shape index (κ1) is 67.3. The van der Waals surface area contributed by atoms with Crippen molar-refractivity contribution in [3.05, 3.63) is 97.2 Å². The standard InChI is InChI=1S/C65H110O6/c1-4-7-10-13-16-19-22-25-28-30-32-34-37-39-42-45-48-51-54-57-63(66)69-60-62(71-65(68)59-56-53-50-47-44-41-36-27-24-21-18-15-12-9-6-3)61-70-64(67)58-55-52-49-46-43-40-38-35-33-31-29-26-23-20-17-14-11-8-5-2/h16,18-19,21,25-29,32,34,36,39,42,48,51,62H,4-15,17,20,22-24,30-31,33,35,37-38,40-41,43-47,49-50,52-61H2,1-3H3/b19-16-,21-18-,28-25-,29-26-,34-32-,36-27-,42-39-,51-48-/t62-/m1/s1. The Morgan fingerprint density at radius 1 is 0.282 bits per heavy atom. The van der Waals surface area contributed by atoms with Gasteiger partial charge in [-0.2, -0.15) is 0 Å². The summed E-state index contributed by atoms with van der Waals surface area (Å²) in [4.78, 5) is 38.2. The predicted molar refractivity (Wildman–Crippen MR) is 307 cm³/mol. The molecule has 6 heteroatoms. The lowest BCUT2D eigenvalue weighted by molar-refractivity contribution is -0.166. The Balaban J connectivity index is 4.49. The number of rotatable bonds is 53. The number of unbranched alkanes of at least 4 members (excludes halogenated alkanes) is 26. The maximum atomic E-state index is 12.9. The van der Waals surface area contributed by atoms with Gasteiger partial charge in [0.1, 0.15) is 13.2 Å². The molecule has 6 nitrogen and oxygen atoms in total. The van der Waals surface area contributed by atoms with E-state index in [0.29, 0.717) is 19.3 Å². The first-order valence-corrected chi connectivity index (χ1v) is 29.7. The molecule has 406 valence electrons. The van der Waals surface area contributed by atoms with Crippen molar-refractivity contribution in [1.82, 2.24) is 0 Å². The molecule has 0 heterocycles. The van der Waals surface area contributed by atoms with Crippen molar-refractivity contribution in [3.8, 4) is 0 Å². The average Bonchev–Trinajstić information content (AvgIpc) is 3.37.